The van der Waals surface area contributed by atoms with Crippen molar-refractivity contribution in [1.29, 1.82) is 0 Å². The predicted octanol–water partition coefficient (Wildman–Crippen LogP) is 1.70. The van der Waals surface area contributed by atoms with Gasteiger partial charge in [-0.2, -0.15) is 0 Å². The standard InChI is InChI=1S/C11H17ClN4O/c1-7(2)4-13-10(17)8(3)16-11-14-5-9(12)6-15-11/h5-8H,4H2,1-3H3,(H,13,17)(H,14,15,16). The van der Waals surface area contributed by atoms with Gasteiger partial charge >= 0.3 is 0 Å². The molecular formula is C11H17ClN4O. The van der Waals surface area contributed by atoms with Crippen molar-refractivity contribution in [2.75, 3.05) is 11.9 Å². The molecule has 1 amide bonds. The number of rotatable bonds is 5. The molecule has 6 heteroatoms. The number of nitrogens with one attached hydrogen (secondary N) is 2. The van der Waals surface area contributed by atoms with Crippen molar-refractivity contribution in [1.82, 2.24) is 15.3 Å². The number of anilines is 1. The lowest BCUT2D eigenvalue weighted by Crippen LogP contribution is -2.39. The number of hydrogen-bond acceptors (Lipinski definition) is 4. The van der Waals surface area contributed by atoms with E-state index in [2.05, 4.69) is 20.6 Å². The summed E-state index contributed by atoms with van der Waals surface area (Å²) in [6.07, 6.45) is 2.96. The van der Waals surface area contributed by atoms with Crippen LogP contribution in [0.4, 0.5) is 5.95 Å². The molecule has 0 bridgehead atoms. The van der Waals surface area contributed by atoms with E-state index in [1.54, 1.807) is 6.92 Å². The van der Waals surface area contributed by atoms with Crippen LogP contribution in [-0.4, -0.2) is 28.5 Å². The highest BCUT2D eigenvalue weighted by atomic mass is 35.5. The highest BCUT2D eigenvalue weighted by Gasteiger charge is 2.13. The van der Waals surface area contributed by atoms with Crippen molar-refractivity contribution >= 4 is 23.5 Å². The topological polar surface area (TPSA) is 66.9 Å². The van der Waals surface area contributed by atoms with Gasteiger partial charge in [0.2, 0.25) is 11.9 Å². The second-order valence-electron chi connectivity index (χ2n) is 4.23. The Hall–Kier alpha value is -1.36. The molecule has 5 nitrogen and oxygen atoms in total. The lowest BCUT2D eigenvalue weighted by molar-refractivity contribution is -0.121. The molecule has 0 fully saturated rings. The highest BCUT2D eigenvalue weighted by Crippen LogP contribution is 2.06. The van der Waals surface area contributed by atoms with Crippen LogP contribution in [-0.2, 0) is 4.79 Å². The van der Waals surface area contributed by atoms with E-state index in [4.69, 9.17) is 11.6 Å². The molecule has 1 unspecified atom stereocenters. The Bertz CT molecular complexity index is 366. The van der Waals surface area contributed by atoms with Crippen LogP contribution in [0.5, 0.6) is 0 Å². The number of carbonyl (C=O) groups excluding carboxylic acids is 1. The number of halogens is 1. The quantitative estimate of drug-likeness (QED) is 0.842. The summed E-state index contributed by atoms with van der Waals surface area (Å²) in [5, 5.41) is 6.20. The Kier molecular flexibility index (Phi) is 5.15. The Labute approximate surface area is 106 Å². The highest BCUT2D eigenvalue weighted by molar-refractivity contribution is 6.30. The van der Waals surface area contributed by atoms with E-state index in [-0.39, 0.29) is 11.9 Å². The van der Waals surface area contributed by atoms with Crippen molar-refractivity contribution in [2.24, 2.45) is 5.92 Å². The van der Waals surface area contributed by atoms with Crippen molar-refractivity contribution in [3.8, 4) is 0 Å². The van der Waals surface area contributed by atoms with Crippen LogP contribution in [0.2, 0.25) is 5.02 Å². The zero-order chi connectivity index (χ0) is 12.8. The Balaban J connectivity index is 2.45. The van der Waals surface area contributed by atoms with Gasteiger partial charge in [0, 0.05) is 6.54 Å². The molecule has 0 aliphatic heterocycles. The fourth-order valence-corrected chi connectivity index (χ4v) is 1.20. The van der Waals surface area contributed by atoms with Crippen LogP contribution in [0.3, 0.4) is 0 Å². The molecule has 0 saturated heterocycles. The Morgan fingerprint density at radius 1 is 1.35 bits per heavy atom. The van der Waals surface area contributed by atoms with Crippen LogP contribution < -0.4 is 10.6 Å². The molecule has 0 spiro atoms. The van der Waals surface area contributed by atoms with Crippen molar-refractivity contribution in [3.05, 3.63) is 17.4 Å². The summed E-state index contributed by atoms with van der Waals surface area (Å²) < 4.78 is 0. The molecule has 0 radical (unpaired) electrons. The molecule has 2 N–H and O–H groups in total. The van der Waals surface area contributed by atoms with E-state index < -0.39 is 0 Å². The summed E-state index contributed by atoms with van der Waals surface area (Å²) in [6.45, 7) is 6.50. The summed E-state index contributed by atoms with van der Waals surface area (Å²) in [4.78, 5) is 19.6. The third kappa shape index (κ3) is 4.99. The van der Waals surface area contributed by atoms with Crippen LogP contribution in [0.15, 0.2) is 12.4 Å². The molecular weight excluding hydrogens is 240 g/mol. The molecule has 1 rings (SSSR count). The van der Waals surface area contributed by atoms with Gasteiger partial charge in [-0.1, -0.05) is 25.4 Å². The molecule has 1 aromatic heterocycles. The van der Waals surface area contributed by atoms with Crippen LogP contribution in [0, 0.1) is 5.92 Å². The Morgan fingerprint density at radius 3 is 2.47 bits per heavy atom. The average Bonchev–Trinajstić information content (AvgIpc) is 2.28. The van der Waals surface area contributed by atoms with E-state index in [9.17, 15) is 4.79 Å². The van der Waals surface area contributed by atoms with E-state index in [1.807, 2.05) is 13.8 Å². The molecule has 0 saturated carbocycles. The fraction of sp³-hybridized carbons (Fsp3) is 0.545. The molecule has 0 aliphatic rings. The predicted molar refractivity (Wildman–Crippen MR) is 68.0 cm³/mol. The third-order valence-corrected chi connectivity index (χ3v) is 2.24. The molecule has 0 aliphatic carbocycles. The molecule has 17 heavy (non-hydrogen) atoms. The average molecular weight is 257 g/mol. The molecule has 0 aromatic carbocycles. The zero-order valence-electron chi connectivity index (χ0n) is 10.2. The maximum Gasteiger partial charge on any atom is 0.242 e. The van der Waals surface area contributed by atoms with Gasteiger partial charge in [0.05, 0.1) is 17.4 Å². The number of hydrogen-bond donors (Lipinski definition) is 2. The van der Waals surface area contributed by atoms with E-state index in [1.165, 1.54) is 12.4 Å². The lowest BCUT2D eigenvalue weighted by atomic mass is 10.2. The fourth-order valence-electron chi connectivity index (χ4n) is 1.10. The van der Waals surface area contributed by atoms with Gasteiger partial charge in [0.1, 0.15) is 6.04 Å². The maximum absolute atomic E-state index is 11.7. The third-order valence-electron chi connectivity index (χ3n) is 2.04. The molecule has 1 heterocycles. The number of aromatic nitrogens is 2. The Morgan fingerprint density at radius 2 is 1.94 bits per heavy atom. The van der Waals surface area contributed by atoms with E-state index >= 15 is 0 Å². The second-order valence-corrected chi connectivity index (χ2v) is 4.67. The van der Waals surface area contributed by atoms with Crippen LogP contribution in [0.1, 0.15) is 20.8 Å². The van der Waals surface area contributed by atoms with Crippen molar-refractivity contribution < 1.29 is 4.79 Å². The van der Waals surface area contributed by atoms with Crippen LogP contribution in [0.25, 0.3) is 0 Å². The van der Waals surface area contributed by atoms with Gasteiger partial charge in [-0.15, -0.1) is 0 Å². The van der Waals surface area contributed by atoms with Crippen LogP contribution >= 0.6 is 11.6 Å². The molecule has 94 valence electrons. The minimum atomic E-state index is -0.380. The maximum atomic E-state index is 11.7. The van der Waals surface area contributed by atoms with Gasteiger partial charge < -0.3 is 10.6 Å². The summed E-state index contributed by atoms with van der Waals surface area (Å²) in [7, 11) is 0. The largest absolute Gasteiger partial charge is 0.354 e. The van der Waals surface area contributed by atoms with E-state index in [0.29, 0.717) is 23.4 Å². The zero-order valence-corrected chi connectivity index (χ0v) is 11.0. The van der Waals surface area contributed by atoms with Gasteiger partial charge in [-0.25, -0.2) is 9.97 Å². The molecule has 1 atom stereocenters. The number of carbonyl (C=O) groups is 1. The van der Waals surface area contributed by atoms with Gasteiger partial charge in [-0.05, 0) is 12.8 Å². The summed E-state index contributed by atoms with van der Waals surface area (Å²) in [6, 6.07) is -0.380. The number of amides is 1. The van der Waals surface area contributed by atoms with Gasteiger partial charge in [0.15, 0.2) is 0 Å². The first-order valence-electron chi connectivity index (χ1n) is 5.51. The van der Waals surface area contributed by atoms with Crippen molar-refractivity contribution in [2.45, 2.75) is 26.8 Å². The van der Waals surface area contributed by atoms with Gasteiger partial charge in [0.25, 0.3) is 0 Å². The second kappa shape index (κ2) is 6.39. The first-order valence-corrected chi connectivity index (χ1v) is 5.88. The minimum absolute atomic E-state index is 0.0720. The summed E-state index contributed by atoms with van der Waals surface area (Å²) >= 11 is 5.66. The van der Waals surface area contributed by atoms with Crippen molar-refractivity contribution in [3.63, 3.8) is 0 Å². The SMILES string of the molecule is CC(C)CNC(=O)C(C)Nc1ncc(Cl)cn1. The summed E-state index contributed by atoms with van der Waals surface area (Å²) in [5.74, 6) is 0.747. The lowest BCUT2D eigenvalue weighted by Gasteiger charge is -2.14. The minimum Gasteiger partial charge on any atom is -0.354 e. The summed E-state index contributed by atoms with van der Waals surface area (Å²) in [5.41, 5.74) is 0. The molecule has 1 aromatic rings. The number of nitrogens with zero attached hydrogens (tertiary/aromatic N) is 2. The van der Waals surface area contributed by atoms with Gasteiger partial charge in [-0.3, -0.25) is 4.79 Å². The van der Waals surface area contributed by atoms with E-state index in [0.717, 1.165) is 0 Å². The normalized spacial score (nSPS) is 12.3. The first-order chi connectivity index (χ1) is 7.99. The monoisotopic (exact) mass is 256 g/mol. The smallest absolute Gasteiger partial charge is 0.242 e. The first kappa shape index (κ1) is 13.7.